The fourth-order valence-electron chi connectivity index (χ4n) is 2.83. The zero-order chi connectivity index (χ0) is 11.4. The minimum absolute atomic E-state index is 0.917. The van der Waals surface area contributed by atoms with Crippen LogP contribution < -0.4 is 5.32 Å². The fourth-order valence-corrected chi connectivity index (χ4v) is 2.83. The number of aromatic nitrogens is 1. The lowest BCUT2D eigenvalue weighted by Crippen LogP contribution is -2.22. The fraction of sp³-hybridized carbons (Fsp3) is 0.714. The molecule has 0 radical (unpaired) electrons. The molecule has 90 valence electrons. The highest BCUT2D eigenvalue weighted by molar-refractivity contribution is 5.06. The van der Waals surface area contributed by atoms with E-state index in [4.69, 9.17) is 0 Å². The Labute approximate surface area is 99.0 Å². The van der Waals surface area contributed by atoms with E-state index in [1.165, 1.54) is 31.5 Å². The Kier molecular flexibility index (Phi) is 4.05. The van der Waals surface area contributed by atoms with Crippen molar-refractivity contribution in [2.75, 3.05) is 6.54 Å². The summed E-state index contributed by atoms with van der Waals surface area (Å²) in [5.74, 6) is 1.87. The van der Waals surface area contributed by atoms with Crippen LogP contribution in [0.1, 0.15) is 38.8 Å². The van der Waals surface area contributed by atoms with E-state index >= 15 is 0 Å². The lowest BCUT2D eigenvalue weighted by atomic mass is 10.1. The largest absolute Gasteiger partial charge is 0.351 e. The summed E-state index contributed by atoms with van der Waals surface area (Å²) in [7, 11) is 0. The van der Waals surface area contributed by atoms with Gasteiger partial charge in [0.25, 0.3) is 0 Å². The highest BCUT2D eigenvalue weighted by Crippen LogP contribution is 2.29. The molecule has 2 nitrogen and oxygen atoms in total. The summed E-state index contributed by atoms with van der Waals surface area (Å²) in [5, 5.41) is 3.60. The van der Waals surface area contributed by atoms with E-state index in [-0.39, 0.29) is 0 Å². The summed E-state index contributed by atoms with van der Waals surface area (Å²) >= 11 is 0. The predicted molar refractivity (Wildman–Crippen MR) is 68.3 cm³/mol. The maximum Gasteiger partial charge on any atom is 0.0359 e. The van der Waals surface area contributed by atoms with Crippen LogP contribution in [0.3, 0.4) is 0 Å². The van der Waals surface area contributed by atoms with E-state index in [0.717, 1.165) is 24.9 Å². The SMILES string of the molecule is CCn1cccc1CNCC1CCC(C)C1. The molecule has 2 atom stereocenters. The molecule has 0 amide bonds. The van der Waals surface area contributed by atoms with Crippen molar-refractivity contribution >= 4 is 0 Å². The van der Waals surface area contributed by atoms with E-state index in [9.17, 15) is 0 Å². The van der Waals surface area contributed by atoms with Crippen molar-refractivity contribution in [1.29, 1.82) is 0 Å². The van der Waals surface area contributed by atoms with Crippen LogP contribution in [0.2, 0.25) is 0 Å². The molecule has 1 aliphatic rings. The zero-order valence-corrected chi connectivity index (χ0v) is 10.6. The van der Waals surface area contributed by atoms with Gasteiger partial charge in [0.1, 0.15) is 0 Å². The van der Waals surface area contributed by atoms with Crippen molar-refractivity contribution in [3.05, 3.63) is 24.0 Å². The van der Waals surface area contributed by atoms with Crippen LogP contribution in [0.15, 0.2) is 18.3 Å². The molecule has 2 heteroatoms. The normalized spacial score (nSPS) is 25.1. The lowest BCUT2D eigenvalue weighted by Gasteiger charge is -2.12. The van der Waals surface area contributed by atoms with Gasteiger partial charge in [-0.1, -0.05) is 13.3 Å². The van der Waals surface area contributed by atoms with Gasteiger partial charge in [-0.05, 0) is 50.3 Å². The van der Waals surface area contributed by atoms with Gasteiger partial charge in [-0.2, -0.15) is 0 Å². The molecular weight excluding hydrogens is 196 g/mol. The summed E-state index contributed by atoms with van der Waals surface area (Å²) in [5.41, 5.74) is 1.41. The van der Waals surface area contributed by atoms with Gasteiger partial charge in [-0.15, -0.1) is 0 Å². The Balaban J connectivity index is 1.72. The molecule has 0 bridgehead atoms. The van der Waals surface area contributed by atoms with Gasteiger partial charge >= 0.3 is 0 Å². The average molecular weight is 220 g/mol. The molecule has 16 heavy (non-hydrogen) atoms. The van der Waals surface area contributed by atoms with E-state index in [1.54, 1.807) is 0 Å². The summed E-state index contributed by atoms with van der Waals surface area (Å²) in [4.78, 5) is 0. The molecule has 0 aliphatic heterocycles. The highest BCUT2D eigenvalue weighted by atomic mass is 15.0. The Bertz CT molecular complexity index is 316. The van der Waals surface area contributed by atoms with Gasteiger partial charge < -0.3 is 9.88 Å². The number of hydrogen-bond acceptors (Lipinski definition) is 1. The first-order valence-electron chi connectivity index (χ1n) is 6.64. The number of rotatable bonds is 5. The Morgan fingerprint density at radius 2 is 2.31 bits per heavy atom. The van der Waals surface area contributed by atoms with Crippen LogP contribution in [0.25, 0.3) is 0 Å². The van der Waals surface area contributed by atoms with Crippen LogP contribution in [0.5, 0.6) is 0 Å². The van der Waals surface area contributed by atoms with E-state index in [1.807, 2.05) is 0 Å². The second-order valence-corrected chi connectivity index (χ2v) is 5.20. The van der Waals surface area contributed by atoms with Gasteiger partial charge in [0.15, 0.2) is 0 Å². The lowest BCUT2D eigenvalue weighted by molar-refractivity contribution is 0.465. The van der Waals surface area contributed by atoms with Crippen LogP contribution in [0, 0.1) is 11.8 Å². The number of aryl methyl sites for hydroxylation is 1. The molecule has 1 N–H and O–H groups in total. The second-order valence-electron chi connectivity index (χ2n) is 5.20. The minimum atomic E-state index is 0.917. The summed E-state index contributed by atoms with van der Waals surface area (Å²) in [6.07, 6.45) is 6.43. The number of nitrogens with zero attached hydrogens (tertiary/aromatic N) is 1. The first-order chi connectivity index (χ1) is 7.79. The first kappa shape index (κ1) is 11.7. The van der Waals surface area contributed by atoms with Crippen molar-refractivity contribution in [2.24, 2.45) is 11.8 Å². The van der Waals surface area contributed by atoms with Crippen molar-refractivity contribution in [1.82, 2.24) is 9.88 Å². The molecule has 0 saturated heterocycles. The molecule has 1 saturated carbocycles. The molecule has 1 fully saturated rings. The third-order valence-electron chi connectivity index (χ3n) is 3.81. The predicted octanol–water partition coefficient (Wildman–Crippen LogP) is 3.03. The molecule has 0 spiro atoms. The molecule has 1 heterocycles. The Morgan fingerprint density at radius 3 is 3.00 bits per heavy atom. The van der Waals surface area contributed by atoms with Gasteiger partial charge in [0, 0.05) is 25.0 Å². The highest BCUT2D eigenvalue weighted by Gasteiger charge is 2.20. The smallest absolute Gasteiger partial charge is 0.0359 e. The summed E-state index contributed by atoms with van der Waals surface area (Å²) in [6.45, 7) is 7.86. The van der Waals surface area contributed by atoms with Crippen LogP contribution in [0.4, 0.5) is 0 Å². The average Bonchev–Trinajstić information content (AvgIpc) is 2.87. The van der Waals surface area contributed by atoms with E-state index in [0.29, 0.717) is 0 Å². The van der Waals surface area contributed by atoms with Gasteiger partial charge in [-0.3, -0.25) is 0 Å². The third kappa shape index (κ3) is 2.88. The molecule has 2 rings (SSSR count). The molecule has 1 aromatic rings. The number of hydrogen-bond donors (Lipinski definition) is 1. The molecule has 1 aromatic heterocycles. The van der Waals surface area contributed by atoms with Crippen molar-refractivity contribution < 1.29 is 0 Å². The second kappa shape index (κ2) is 5.53. The first-order valence-corrected chi connectivity index (χ1v) is 6.64. The Morgan fingerprint density at radius 1 is 1.44 bits per heavy atom. The standard InChI is InChI=1S/C14H24N2/c1-3-16-8-4-5-14(16)11-15-10-13-7-6-12(2)9-13/h4-5,8,12-13,15H,3,6-7,9-11H2,1-2H3. The van der Waals surface area contributed by atoms with Crippen LogP contribution >= 0.6 is 0 Å². The van der Waals surface area contributed by atoms with Crippen molar-refractivity contribution in [3.63, 3.8) is 0 Å². The van der Waals surface area contributed by atoms with Gasteiger partial charge in [0.2, 0.25) is 0 Å². The number of nitrogens with one attached hydrogen (secondary N) is 1. The van der Waals surface area contributed by atoms with Gasteiger partial charge in [0.05, 0.1) is 0 Å². The van der Waals surface area contributed by atoms with Crippen molar-refractivity contribution in [3.8, 4) is 0 Å². The zero-order valence-electron chi connectivity index (χ0n) is 10.6. The van der Waals surface area contributed by atoms with Crippen LogP contribution in [-0.4, -0.2) is 11.1 Å². The quantitative estimate of drug-likeness (QED) is 0.807. The van der Waals surface area contributed by atoms with E-state index < -0.39 is 0 Å². The topological polar surface area (TPSA) is 17.0 Å². The van der Waals surface area contributed by atoms with Crippen molar-refractivity contribution in [2.45, 2.75) is 46.2 Å². The summed E-state index contributed by atoms with van der Waals surface area (Å²) in [6, 6.07) is 4.35. The van der Waals surface area contributed by atoms with Gasteiger partial charge in [-0.25, -0.2) is 0 Å². The molecule has 1 aliphatic carbocycles. The van der Waals surface area contributed by atoms with Crippen LogP contribution in [-0.2, 0) is 13.1 Å². The Hall–Kier alpha value is -0.760. The molecule has 0 aromatic carbocycles. The maximum atomic E-state index is 3.60. The third-order valence-corrected chi connectivity index (χ3v) is 3.81. The molecule has 2 unspecified atom stereocenters. The molecular formula is C14H24N2. The van der Waals surface area contributed by atoms with E-state index in [2.05, 4.69) is 42.1 Å². The summed E-state index contributed by atoms with van der Waals surface area (Å²) < 4.78 is 2.31. The monoisotopic (exact) mass is 220 g/mol. The minimum Gasteiger partial charge on any atom is -0.351 e. The maximum absolute atomic E-state index is 3.60.